The molecular formula is C23H17BrN4O6. The number of carbonyl (C=O) groups is 3. The number of amides is 2. The van der Waals surface area contributed by atoms with E-state index in [9.17, 15) is 24.5 Å². The van der Waals surface area contributed by atoms with Crippen LogP contribution >= 0.6 is 15.9 Å². The molecule has 0 aliphatic rings. The Morgan fingerprint density at radius 2 is 1.79 bits per heavy atom. The number of nitro benzene ring substituents is 1. The van der Waals surface area contributed by atoms with Crippen molar-refractivity contribution >= 4 is 45.6 Å². The van der Waals surface area contributed by atoms with Crippen molar-refractivity contribution in [3.63, 3.8) is 0 Å². The molecule has 0 saturated heterocycles. The van der Waals surface area contributed by atoms with Gasteiger partial charge in [0.15, 0.2) is 0 Å². The van der Waals surface area contributed by atoms with Gasteiger partial charge in [-0.3, -0.25) is 19.7 Å². The zero-order chi connectivity index (χ0) is 24.5. The van der Waals surface area contributed by atoms with Crippen LogP contribution in [0.3, 0.4) is 0 Å². The average Bonchev–Trinajstić information content (AvgIpc) is 2.83. The van der Waals surface area contributed by atoms with E-state index in [-0.39, 0.29) is 23.5 Å². The molecule has 0 saturated carbocycles. The van der Waals surface area contributed by atoms with E-state index >= 15 is 0 Å². The van der Waals surface area contributed by atoms with Gasteiger partial charge in [0, 0.05) is 16.6 Å². The molecule has 11 heteroatoms. The first-order valence-electron chi connectivity index (χ1n) is 9.75. The SMILES string of the molecule is O=C(CNC(=O)c1ccccc1Br)NN=Cc1cccc(OC(=O)c2cccc([N+](=O)[O-])c2)c1. The highest BCUT2D eigenvalue weighted by atomic mass is 79.9. The summed E-state index contributed by atoms with van der Waals surface area (Å²) in [7, 11) is 0. The Labute approximate surface area is 201 Å². The molecule has 3 rings (SSSR count). The Morgan fingerprint density at radius 3 is 2.56 bits per heavy atom. The number of rotatable bonds is 8. The molecule has 3 aromatic carbocycles. The summed E-state index contributed by atoms with van der Waals surface area (Å²) in [5.41, 5.74) is 3.01. The molecular weight excluding hydrogens is 508 g/mol. The van der Waals surface area contributed by atoms with Crippen LogP contribution in [0.5, 0.6) is 5.75 Å². The Hall–Kier alpha value is -4.38. The lowest BCUT2D eigenvalue weighted by molar-refractivity contribution is -0.384. The molecule has 0 heterocycles. The molecule has 0 atom stereocenters. The summed E-state index contributed by atoms with van der Waals surface area (Å²) in [6.45, 7) is -0.279. The number of esters is 1. The number of benzene rings is 3. The third-order valence-electron chi connectivity index (χ3n) is 4.29. The van der Waals surface area contributed by atoms with Gasteiger partial charge in [0.05, 0.1) is 28.8 Å². The lowest BCUT2D eigenvalue weighted by atomic mass is 10.2. The van der Waals surface area contributed by atoms with Gasteiger partial charge in [0.25, 0.3) is 17.5 Å². The minimum absolute atomic E-state index is 0.0325. The fourth-order valence-electron chi connectivity index (χ4n) is 2.69. The number of halogens is 1. The van der Waals surface area contributed by atoms with E-state index in [1.807, 2.05) is 0 Å². The van der Waals surface area contributed by atoms with Crippen LogP contribution in [0.25, 0.3) is 0 Å². The molecule has 0 aliphatic carbocycles. The summed E-state index contributed by atoms with van der Waals surface area (Å²) >= 11 is 3.27. The Kier molecular flexibility index (Phi) is 8.19. The van der Waals surface area contributed by atoms with Gasteiger partial charge in [-0.25, -0.2) is 10.2 Å². The summed E-state index contributed by atoms with van der Waals surface area (Å²) in [6.07, 6.45) is 1.33. The van der Waals surface area contributed by atoms with E-state index in [2.05, 4.69) is 31.8 Å². The first-order valence-corrected chi connectivity index (χ1v) is 10.5. The molecule has 3 aromatic rings. The molecule has 0 aliphatic heterocycles. The normalized spacial score (nSPS) is 10.5. The predicted molar refractivity (Wildman–Crippen MR) is 127 cm³/mol. The van der Waals surface area contributed by atoms with Crippen molar-refractivity contribution in [2.24, 2.45) is 5.10 Å². The number of nitro groups is 1. The minimum atomic E-state index is -0.758. The van der Waals surface area contributed by atoms with E-state index < -0.39 is 22.7 Å². The van der Waals surface area contributed by atoms with Crippen LogP contribution in [0.15, 0.2) is 82.4 Å². The smallest absolute Gasteiger partial charge is 0.343 e. The van der Waals surface area contributed by atoms with Crippen molar-refractivity contribution in [3.05, 3.63) is 104 Å². The number of ether oxygens (including phenoxy) is 1. The molecule has 2 N–H and O–H groups in total. The van der Waals surface area contributed by atoms with Gasteiger partial charge in [0.2, 0.25) is 0 Å². The van der Waals surface area contributed by atoms with Crippen molar-refractivity contribution < 1.29 is 24.0 Å². The van der Waals surface area contributed by atoms with E-state index in [4.69, 9.17) is 4.74 Å². The summed E-state index contributed by atoms with van der Waals surface area (Å²) in [6, 6.07) is 18.3. The number of hydrazone groups is 1. The van der Waals surface area contributed by atoms with Crippen molar-refractivity contribution in [1.29, 1.82) is 0 Å². The minimum Gasteiger partial charge on any atom is -0.423 e. The molecule has 34 heavy (non-hydrogen) atoms. The molecule has 0 unspecified atom stereocenters. The number of nitrogens with zero attached hydrogens (tertiary/aromatic N) is 2. The first-order chi connectivity index (χ1) is 16.3. The maximum absolute atomic E-state index is 12.3. The van der Waals surface area contributed by atoms with Crippen LogP contribution < -0.4 is 15.5 Å². The van der Waals surface area contributed by atoms with Crippen LogP contribution in [0, 0.1) is 10.1 Å². The second-order valence-electron chi connectivity index (χ2n) is 6.73. The zero-order valence-corrected chi connectivity index (χ0v) is 19.0. The second-order valence-corrected chi connectivity index (χ2v) is 7.58. The molecule has 0 spiro atoms. The van der Waals surface area contributed by atoms with Gasteiger partial charge in [-0.05, 0) is 51.8 Å². The number of hydrogen-bond donors (Lipinski definition) is 2. The van der Waals surface area contributed by atoms with Gasteiger partial charge in [-0.2, -0.15) is 5.10 Å². The summed E-state index contributed by atoms with van der Waals surface area (Å²) in [5, 5.41) is 17.2. The van der Waals surface area contributed by atoms with Crippen molar-refractivity contribution in [2.75, 3.05) is 6.54 Å². The third-order valence-corrected chi connectivity index (χ3v) is 4.98. The highest BCUT2D eigenvalue weighted by molar-refractivity contribution is 9.10. The van der Waals surface area contributed by atoms with Crippen molar-refractivity contribution in [2.45, 2.75) is 0 Å². The molecule has 0 aromatic heterocycles. The number of carbonyl (C=O) groups excluding carboxylic acids is 3. The van der Waals surface area contributed by atoms with E-state index in [0.717, 1.165) is 6.07 Å². The third kappa shape index (κ3) is 6.81. The fraction of sp³-hybridized carbons (Fsp3) is 0.0435. The average molecular weight is 525 g/mol. The molecule has 0 bridgehead atoms. The van der Waals surface area contributed by atoms with Gasteiger partial charge < -0.3 is 10.1 Å². The maximum Gasteiger partial charge on any atom is 0.343 e. The van der Waals surface area contributed by atoms with E-state index in [0.29, 0.717) is 15.6 Å². The van der Waals surface area contributed by atoms with Crippen LogP contribution in [0.2, 0.25) is 0 Å². The van der Waals surface area contributed by atoms with Crippen molar-refractivity contribution in [1.82, 2.24) is 10.7 Å². The number of hydrogen-bond acceptors (Lipinski definition) is 7. The summed E-state index contributed by atoms with van der Waals surface area (Å²) < 4.78 is 5.87. The topological polar surface area (TPSA) is 140 Å². The standard InChI is InChI=1S/C23H17BrN4O6/c24-20-10-2-1-9-19(20)22(30)25-14-21(29)27-26-13-15-5-3-8-18(11-15)34-23(31)16-6-4-7-17(12-16)28(32)33/h1-13H,14H2,(H,25,30)(H,27,29). The van der Waals surface area contributed by atoms with Gasteiger partial charge >= 0.3 is 5.97 Å². The summed E-state index contributed by atoms with van der Waals surface area (Å²) in [4.78, 5) is 46.6. The lowest BCUT2D eigenvalue weighted by Crippen LogP contribution is -2.35. The second kappa shape index (κ2) is 11.5. The molecule has 2 amide bonds. The van der Waals surface area contributed by atoms with Crippen LogP contribution in [-0.2, 0) is 4.79 Å². The predicted octanol–water partition coefficient (Wildman–Crippen LogP) is 3.46. The van der Waals surface area contributed by atoms with Crippen LogP contribution in [-0.4, -0.2) is 35.5 Å². The van der Waals surface area contributed by atoms with E-state index in [1.165, 1.54) is 36.5 Å². The molecule has 0 fully saturated rings. The molecule has 10 nitrogen and oxygen atoms in total. The lowest BCUT2D eigenvalue weighted by Gasteiger charge is -2.06. The quantitative estimate of drug-likeness (QED) is 0.152. The molecule has 0 radical (unpaired) electrons. The monoisotopic (exact) mass is 524 g/mol. The Bertz CT molecular complexity index is 1280. The maximum atomic E-state index is 12.3. The highest BCUT2D eigenvalue weighted by Crippen LogP contribution is 2.18. The first kappa shape index (κ1) is 24.3. The summed E-state index contributed by atoms with van der Waals surface area (Å²) in [5.74, 6) is -1.52. The Balaban J connectivity index is 1.53. The van der Waals surface area contributed by atoms with Gasteiger partial charge in [-0.1, -0.05) is 30.3 Å². The highest BCUT2D eigenvalue weighted by Gasteiger charge is 2.14. The van der Waals surface area contributed by atoms with Crippen molar-refractivity contribution in [3.8, 4) is 5.75 Å². The van der Waals surface area contributed by atoms with E-state index in [1.54, 1.807) is 36.4 Å². The fourth-order valence-corrected chi connectivity index (χ4v) is 3.16. The van der Waals surface area contributed by atoms with Crippen LogP contribution in [0.4, 0.5) is 5.69 Å². The number of nitrogens with one attached hydrogen (secondary N) is 2. The van der Waals surface area contributed by atoms with Gasteiger partial charge in [0.1, 0.15) is 5.75 Å². The largest absolute Gasteiger partial charge is 0.423 e. The molecule has 172 valence electrons. The number of non-ortho nitro benzene ring substituents is 1. The Morgan fingerprint density at radius 1 is 1.03 bits per heavy atom. The zero-order valence-electron chi connectivity index (χ0n) is 17.4. The van der Waals surface area contributed by atoms with Gasteiger partial charge in [-0.15, -0.1) is 0 Å². The van der Waals surface area contributed by atoms with Crippen LogP contribution in [0.1, 0.15) is 26.3 Å².